The van der Waals surface area contributed by atoms with Gasteiger partial charge in [0.15, 0.2) is 0 Å². The molecule has 21 heavy (non-hydrogen) atoms. The van der Waals surface area contributed by atoms with E-state index < -0.39 is 12.1 Å². The summed E-state index contributed by atoms with van der Waals surface area (Å²) in [4.78, 5) is 29.3. The Kier molecular flexibility index (Phi) is 3.84. The Morgan fingerprint density at radius 1 is 1.38 bits per heavy atom. The Labute approximate surface area is 130 Å². The first-order valence-corrected chi connectivity index (χ1v) is 7.78. The Morgan fingerprint density at radius 2 is 2.19 bits per heavy atom. The minimum atomic E-state index is -1.02. The van der Waals surface area contributed by atoms with E-state index in [4.69, 9.17) is 0 Å². The summed E-state index contributed by atoms with van der Waals surface area (Å²) in [5, 5.41) is 12.1. The third-order valence-electron chi connectivity index (χ3n) is 4.37. The molecule has 0 bridgehead atoms. The van der Waals surface area contributed by atoms with Crippen LogP contribution in [-0.2, 0) is 4.79 Å². The molecule has 2 N–H and O–H groups in total. The van der Waals surface area contributed by atoms with E-state index in [9.17, 15) is 14.7 Å². The second kappa shape index (κ2) is 5.63. The van der Waals surface area contributed by atoms with Crippen molar-refractivity contribution in [3.8, 4) is 0 Å². The molecule has 1 aliphatic carbocycles. The van der Waals surface area contributed by atoms with Crippen LogP contribution in [0.2, 0.25) is 0 Å². The Hall–Kier alpha value is -1.63. The molecule has 112 valence electrons. The van der Waals surface area contributed by atoms with E-state index in [2.05, 4.69) is 26.2 Å². The quantitative estimate of drug-likeness (QED) is 0.800. The van der Waals surface area contributed by atoms with Crippen molar-refractivity contribution in [3.05, 3.63) is 22.8 Å². The largest absolute Gasteiger partial charge is 0.465 e. The first-order chi connectivity index (χ1) is 10.1. The van der Waals surface area contributed by atoms with E-state index >= 15 is 0 Å². The predicted molar refractivity (Wildman–Crippen MR) is 79.9 cm³/mol. The van der Waals surface area contributed by atoms with Crippen molar-refractivity contribution in [1.82, 2.24) is 9.88 Å². The van der Waals surface area contributed by atoms with Gasteiger partial charge in [0.2, 0.25) is 5.91 Å². The highest BCUT2D eigenvalue weighted by Gasteiger charge is 2.49. The molecule has 1 aliphatic heterocycles. The highest BCUT2D eigenvalue weighted by atomic mass is 79.9. The normalized spacial score (nSPS) is 27.5. The van der Waals surface area contributed by atoms with Gasteiger partial charge in [-0.25, -0.2) is 9.78 Å². The van der Waals surface area contributed by atoms with E-state index in [1.807, 2.05) is 0 Å². The summed E-state index contributed by atoms with van der Waals surface area (Å²) in [6, 6.07) is 4.63. The Morgan fingerprint density at radius 3 is 2.90 bits per heavy atom. The molecule has 0 aromatic carbocycles. The molecule has 2 heterocycles. The average molecular weight is 354 g/mol. The number of carboxylic acid groups (broad SMARTS) is 1. The van der Waals surface area contributed by atoms with Crippen molar-refractivity contribution in [1.29, 1.82) is 0 Å². The molecular weight excluding hydrogens is 338 g/mol. The molecule has 1 aromatic heterocycles. The molecule has 2 fully saturated rings. The van der Waals surface area contributed by atoms with Gasteiger partial charge in [0.25, 0.3) is 0 Å². The van der Waals surface area contributed by atoms with Gasteiger partial charge in [-0.15, -0.1) is 0 Å². The minimum absolute atomic E-state index is 0.133. The zero-order chi connectivity index (χ0) is 15.0. The number of halogens is 1. The summed E-state index contributed by atoms with van der Waals surface area (Å²) in [5.74, 6) is 0.596. The van der Waals surface area contributed by atoms with Gasteiger partial charge in [-0.05, 0) is 52.7 Å². The molecule has 1 aromatic rings. The highest BCUT2D eigenvalue weighted by Crippen LogP contribution is 2.42. The van der Waals surface area contributed by atoms with Gasteiger partial charge in [0.1, 0.15) is 16.5 Å². The number of hydrogen-bond donors (Lipinski definition) is 2. The molecule has 2 amide bonds. The van der Waals surface area contributed by atoms with Gasteiger partial charge in [-0.3, -0.25) is 9.69 Å². The number of carbonyl (C=O) groups excluding carboxylic acids is 1. The van der Waals surface area contributed by atoms with Crippen LogP contribution in [0.3, 0.4) is 0 Å². The molecule has 0 radical (unpaired) electrons. The molecule has 0 unspecified atom stereocenters. The molecule has 3 rings (SSSR count). The van der Waals surface area contributed by atoms with Crippen molar-refractivity contribution in [2.75, 3.05) is 11.9 Å². The first kappa shape index (κ1) is 14.3. The van der Waals surface area contributed by atoms with Gasteiger partial charge in [-0.1, -0.05) is 12.5 Å². The number of carbonyl (C=O) groups is 2. The lowest BCUT2D eigenvalue weighted by molar-refractivity contribution is -0.121. The Balaban J connectivity index is 1.79. The molecule has 2 aliphatic rings. The Bertz CT molecular complexity index is 580. The lowest BCUT2D eigenvalue weighted by Crippen LogP contribution is -2.45. The van der Waals surface area contributed by atoms with E-state index in [1.54, 1.807) is 18.2 Å². The number of pyridine rings is 1. The standard InChI is InChI=1S/C14H16BrN3O3/c15-10-5-2-6-11(16-10)17-13(19)12-9-4-1-3-8(9)7-18(12)14(20)21/h2,5-6,8-9,12H,1,3-4,7H2,(H,20,21)(H,16,17,19)/t8-,9-,12+/m1/s1. The number of amides is 2. The van der Waals surface area contributed by atoms with Crippen LogP contribution in [0.15, 0.2) is 22.8 Å². The lowest BCUT2D eigenvalue weighted by atomic mass is 9.93. The van der Waals surface area contributed by atoms with Crippen LogP contribution >= 0.6 is 15.9 Å². The maximum Gasteiger partial charge on any atom is 0.407 e. The minimum Gasteiger partial charge on any atom is -0.465 e. The van der Waals surface area contributed by atoms with Crippen LogP contribution in [0.4, 0.5) is 10.6 Å². The number of hydrogen-bond acceptors (Lipinski definition) is 3. The molecule has 0 spiro atoms. The van der Waals surface area contributed by atoms with Gasteiger partial charge in [0, 0.05) is 6.54 Å². The number of anilines is 1. The van der Waals surface area contributed by atoms with E-state index in [-0.39, 0.29) is 11.8 Å². The van der Waals surface area contributed by atoms with Crippen molar-refractivity contribution >= 4 is 33.7 Å². The number of nitrogens with one attached hydrogen (secondary N) is 1. The summed E-state index contributed by atoms with van der Waals surface area (Å²) in [6.07, 6.45) is 1.97. The van der Waals surface area contributed by atoms with E-state index in [0.29, 0.717) is 22.9 Å². The maximum atomic E-state index is 12.5. The maximum absolute atomic E-state index is 12.5. The summed E-state index contributed by atoms with van der Waals surface area (Å²) in [7, 11) is 0. The summed E-state index contributed by atoms with van der Waals surface area (Å²) < 4.78 is 0.626. The number of rotatable bonds is 2. The van der Waals surface area contributed by atoms with Crippen LogP contribution in [0.25, 0.3) is 0 Å². The molecule has 1 saturated heterocycles. The van der Waals surface area contributed by atoms with Crippen molar-refractivity contribution in [3.63, 3.8) is 0 Å². The van der Waals surface area contributed by atoms with Crippen molar-refractivity contribution in [2.24, 2.45) is 11.8 Å². The molecule has 1 saturated carbocycles. The van der Waals surface area contributed by atoms with Crippen LogP contribution in [-0.4, -0.2) is 39.6 Å². The number of aromatic nitrogens is 1. The SMILES string of the molecule is O=C(Nc1cccc(Br)n1)[C@@H]1[C@@H]2CCC[C@@H]2CN1C(=O)O. The van der Waals surface area contributed by atoms with Crippen molar-refractivity contribution < 1.29 is 14.7 Å². The monoisotopic (exact) mass is 353 g/mol. The van der Waals surface area contributed by atoms with E-state index in [0.717, 1.165) is 19.3 Å². The molecule has 3 atom stereocenters. The number of nitrogens with zero attached hydrogens (tertiary/aromatic N) is 2. The lowest BCUT2D eigenvalue weighted by Gasteiger charge is -2.24. The first-order valence-electron chi connectivity index (χ1n) is 6.99. The number of fused-ring (bicyclic) bond motifs is 1. The van der Waals surface area contributed by atoms with Gasteiger partial charge < -0.3 is 10.4 Å². The van der Waals surface area contributed by atoms with Crippen molar-refractivity contribution in [2.45, 2.75) is 25.3 Å². The molecule has 7 heteroatoms. The topological polar surface area (TPSA) is 82.5 Å². The van der Waals surface area contributed by atoms with E-state index in [1.165, 1.54) is 4.90 Å². The van der Waals surface area contributed by atoms with Crippen LogP contribution in [0.5, 0.6) is 0 Å². The summed E-state index contributed by atoms with van der Waals surface area (Å²) in [5.41, 5.74) is 0. The predicted octanol–water partition coefficient (Wildman–Crippen LogP) is 2.56. The zero-order valence-corrected chi connectivity index (χ0v) is 12.9. The van der Waals surface area contributed by atoms with Crippen LogP contribution in [0.1, 0.15) is 19.3 Å². The fraction of sp³-hybridized carbons (Fsp3) is 0.500. The van der Waals surface area contributed by atoms with Gasteiger partial charge >= 0.3 is 6.09 Å². The third-order valence-corrected chi connectivity index (χ3v) is 4.81. The second-order valence-electron chi connectivity index (χ2n) is 5.57. The molecule has 6 nitrogen and oxygen atoms in total. The third kappa shape index (κ3) is 2.74. The summed E-state index contributed by atoms with van der Waals surface area (Å²) >= 11 is 3.25. The average Bonchev–Trinajstić information content (AvgIpc) is 2.97. The molecular formula is C14H16BrN3O3. The van der Waals surface area contributed by atoms with Crippen LogP contribution in [0, 0.1) is 11.8 Å². The van der Waals surface area contributed by atoms with Gasteiger partial charge in [-0.2, -0.15) is 0 Å². The fourth-order valence-electron chi connectivity index (χ4n) is 3.52. The van der Waals surface area contributed by atoms with Crippen LogP contribution < -0.4 is 5.32 Å². The number of likely N-dealkylation sites (tertiary alicyclic amines) is 1. The highest BCUT2D eigenvalue weighted by molar-refractivity contribution is 9.10. The van der Waals surface area contributed by atoms with Gasteiger partial charge in [0.05, 0.1) is 0 Å². The second-order valence-corrected chi connectivity index (χ2v) is 6.38. The fourth-order valence-corrected chi connectivity index (χ4v) is 3.86. The smallest absolute Gasteiger partial charge is 0.407 e. The summed E-state index contributed by atoms with van der Waals surface area (Å²) in [6.45, 7) is 0.462. The zero-order valence-electron chi connectivity index (χ0n) is 11.3.